The van der Waals surface area contributed by atoms with Crippen molar-refractivity contribution in [1.29, 1.82) is 0 Å². The largest absolute Gasteiger partial charge is 0.508 e. The lowest BCUT2D eigenvalue weighted by Gasteiger charge is -2.02. The Kier molecular flexibility index (Phi) is 3.16. The highest BCUT2D eigenvalue weighted by atomic mass is 32.1. The van der Waals surface area contributed by atoms with Gasteiger partial charge in [0, 0.05) is 10.9 Å². The van der Waals surface area contributed by atoms with Gasteiger partial charge in [0.1, 0.15) is 23.4 Å². The van der Waals surface area contributed by atoms with Crippen molar-refractivity contribution in [2.45, 2.75) is 6.61 Å². The summed E-state index contributed by atoms with van der Waals surface area (Å²) in [6, 6.07) is 8.46. The first-order valence-electron chi connectivity index (χ1n) is 6.75. The van der Waals surface area contributed by atoms with Gasteiger partial charge in [-0.15, -0.1) is 21.5 Å². The lowest BCUT2D eigenvalue weighted by molar-refractivity contribution is 0.0479. The Balaban J connectivity index is 1.71. The van der Waals surface area contributed by atoms with Crippen molar-refractivity contribution in [1.82, 2.24) is 19.8 Å². The number of fused-ring (bicyclic) bond motifs is 3. The number of carbonyl (C=O) groups is 1. The number of nitrogens with zero attached hydrogens (tertiary/aromatic N) is 4. The summed E-state index contributed by atoms with van der Waals surface area (Å²) in [5.41, 5.74) is 1.66. The smallest absolute Gasteiger partial charge is 0.344 e. The Labute approximate surface area is 133 Å². The summed E-state index contributed by atoms with van der Waals surface area (Å²) in [7, 11) is 0. The van der Waals surface area contributed by atoms with Gasteiger partial charge in [-0.2, -0.15) is 5.10 Å². The number of ether oxygens (including phenoxy) is 1. The number of aromatic hydroxyl groups is 1. The van der Waals surface area contributed by atoms with Crippen LogP contribution in [0.25, 0.3) is 16.7 Å². The molecule has 4 aromatic rings. The molecule has 7 nitrogen and oxygen atoms in total. The predicted molar refractivity (Wildman–Crippen MR) is 83.4 cm³/mol. The maximum Gasteiger partial charge on any atom is 0.344 e. The highest BCUT2D eigenvalue weighted by Crippen LogP contribution is 2.20. The molecule has 0 spiro atoms. The highest BCUT2D eigenvalue weighted by molar-refractivity contribution is 7.09. The Morgan fingerprint density at radius 3 is 3.04 bits per heavy atom. The van der Waals surface area contributed by atoms with E-state index < -0.39 is 5.97 Å². The predicted octanol–water partition coefficient (Wildman–Crippen LogP) is 2.40. The third-order valence-electron chi connectivity index (χ3n) is 3.33. The molecule has 8 heteroatoms. The summed E-state index contributed by atoms with van der Waals surface area (Å²) in [5, 5.41) is 23.8. The van der Waals surface area contributed by atoms with Crippen LogP contribution < -0.4 is 0 Å². The minimum absolute atomic E-state index is 0.0871. The normalized spacial score (nSPS) is 11.1. The van der Waals surface area contributed by atoms with E-state index in [-0.39, 0.29) is 17.9 Å². The van der Waals surface area contributed by atoms with Crippen LogP contribution in [-0.4, -0.2) is 30.9 Å². The van der Waals surface area contributed by atoms with Gasteiger partial charge in [0.2, 0.25) is 0 Å². The molecule has 0 amide bonds. The number of phenols is 1. The van der Waals surface area contributed by atoms with Gasteiger partial charge >= 0.3 is 5.97 Å². The van der Waals surface area contributed by atoms with Crippen molar-refractivity contribution in [3.05, 3.63) is 52.3 Å². The fourth-order valence-electron chi connectivity index (χ4n) is 2.23. The number of esters is 1. The maximum atomic E-state index is 12.2. The van der Waals surface area contributed by atoms with Gasteiger partial charge in [0.15, 0.2) is 5.65 Å². The van der Waals surface area contributed by atoms with Crippen LogP contribution in [0.3, 0.4) is 0 Å². The molecule has 0 saturated heterocycles. The molecule has 0 aliphatic carbocycles. The quantitative estimate of drug-likeness (QED) is 0.582. The molecule has 0 fully saturated rings. The molecular formula is C15H10N4O3S. The zero-order chi connectivity index (χ0) is 15.8. The monoisotopic (exact) mass is 326 g/mol. The summed E-state index contributed by atoms with van der Waals surface area (Å²) in [6.45, 7) is 0.204. The second-order valence-electron chi connectivity index (χ2n) is 4.82. The SMILES string of the molecule is O=C(OCc1cccs1)c1cnn2c1nnc1ccc(O)cc12. The van der Waals surface area contributed by atoms with Gasteiger partial charge in [-0.1, -0.05) is 6.07 Å². The number of aromatic nitrogens is 4. The van der Waals surface area contributed by atoms with Gasteiger partial charge in [-0.3, -0.25) is 0 Å². The number of hydrogen-bond acceptors (Lipinski definition) is 7. The van der Waals surface area contributed by atoms with Gasteiger partial charge in [0.05, 0.1) is 11.7 Å². The van der Waals surface area contributed by atoms with E-state index in [0.717, 1.165) is 4.88 Å². The Bertz CT molecular complexity index is 1010. The lowest BCUT2D eigenvalue weighted by atomic mass is 10.3. The molecule has 4 rings (SSSR count). The minimum Gasteiger partial charge on any atom is -0.508 e. The molecule has 0 aliphatic rings. The average Bonchev–Trinajstić information content (AvgIpc) is 3.22. The van der Waals surface area contributed by atoms with Gasteiger partial charge < -0.3 is 9.84 Å². The molecule has 0 aliphatic heterocycles. The first-order valence-corrected chi connectivity index (χ1v) is 7.63. The number of thiophene rings is 1. The van der Waals surface area contributed by atoms with E-state index >= 15 is 0 Å². The van der Waals surface area contributed by atoms with Gasteiger partial charge in [0.25, 0.3) is 0 Å². The van der Waals surface area contributed by atoms with Crippen molar-refractivity contribution < 1.29 is 14.6 Å². The standard InChI is InChI=1S/C15H10N4O3S/c20-9-3-4-12-13(6-9)19-14(18-17-12)11(7-16-19)15(21)22-8-10-2-1-5-23-10/h1-7,20H,8H2. The average molecular weight is 326 g/mol. The van der Waals surface area contributed by atoms with E-state index in [1.807, 2.05) is 17.5 Å². The van der Waals surface area contributed by atoms with Crippen LogP contribution in [0.15, 0.2) is 41.9 Å². The number of benzene rings is 1. The molecule has 0 saturated carbocycles. The summed E-state index contributed by atoms with van der Waals surface area (Å²) in [6.07, 6.45) is 1.39. The number of hydrogen-bond donors (Lipinski definition) is 1. The van der Waals surface area contributed by atoms with Crippen LogP contribution in [-0.2, 0) is 11.3 Å². The second-order valence-corrected chi connectivity index (χ2v) is 5.85. The fraction of sp³-hybridized carbons (Fsp3) is 0.0667. The third kappa shape index (κ3) is 2.38. The van der Waals surface area contributed by atoms with Crippen LogP contribution in [0, 0.1) is 0 Å². The van der Waals surface area contributed by atoms with E-state index in [1.165, 1.54) is 34.2 Å². The topological polar surface area (TPSA) is 89.6 Å². The zero-order valence-corrected chi connectivity index (χ0v) is 12.5. The molecular weight excluding hydrogens is 316 g/mol. The van der Waals surface area contributed by atoms with Crippen LogP contribution in [0.1, 0.15) is 15.2 Å². The fourth-order valence-corrected chi connectivity index (χ4v) is 2.85. The summed E-state index contributed by atoms with van der Waals surface area (Å²) >= 11 is 1.52. The van der Waals surface area contributed by atoms with E-state index in [9.17, 15) is 9.90 Å². The first-order chi connectivity index (χ1) is 11.2. The first kappa shape index (κ1) is 13.6. The Hall–Kier alpha value is -3.00. The Morgan fingerprint density at radius 2 is 2.22 bits per heavy atom. The minimum atomic E-state index is -0.512. The zero-order valence-electron chi connectivity index (χ0n) is 11.7. The van der Waals surface area contributed by atoms with Crippen molar-refractivity contribution >= 4 is 34.0 Å². The van der Waals surface area contributed by atoms with Crippen molar-refractivity contribution in [3.63, 3.8) is 0 Å². The molecule has 0 unspecified atom stereocenters. The number of rotatable bonds is 3. The lowest BCUT2D eigenvalue weighted by Crippen LogP contribution is -2.06. The molecule has 1 N–H and O–H groups in total. The molecule has 3 aromatic heterocycles. The molecule has 3 heterocycles. The van der Waals surface area contributed by atoms with Crippen molar-refractivity contribution in [3.8, 4) is 5.75 Å². The van der Waals surface area contributed by atoms with E-state index in [2.05, 4.69) is 15.3 Å². The van der Waals surface area contributed by atoms with E-state index in [1.54, 1.807) is 6.07 Å². The molecule has 0 bridgehead atoms. The van der Waals surface area contributed by atoms with Crippen LogP contribution in [0.4, 0.5) is 0 Å². The number of phenolic OH excluding ortho intramolecular Hbond substituents is 1. The summed E-state index contributed by atoms with van der Waals surface area (Å²) in [4.78, 5) is 13.2. The maximum absolute atomic E-state index is 12.2. The Morgan fingerprint density at radius 1 is 1.30 bits per heavy atom. The summed E-state index contributed by atoms with van der Waals surface area (Å²) < 4.78 is 6.74. The molecule has 114 valence electrons. The highest BCUT2D eigenvalue weighted by Gasteiger charge is 2.18. The molecule has 1 aromatic carbocycles. The van der Waals surface area contributed by atoms with E-state index in [0.29, 0.717) is 16.7 Å². The van der Waals surface area contributed by atoms with Gasteiger partial charge in [-0.25, -0.2) is 9.31 Å². The summed E-state index contributed by atoms with van der Waals surface area (Å²) in [5.74, 6) is -0.425. The second kappa shape index (κ2) is 5.33. The van der Waals surface area contributed by atoms with Crippen LogP contribution in [0.2, 0.25) is 0 Å². The molecule has 0 atom stereocenters. The number of carbonyl (C=O) groups excluding carboxylic acids is 1. The van der Waals surface area contributed by atoms with Crippen molar-refractivity contribution in [2.24, 2.45) is 0 Å². The van der Waals surface area contributed by atoms with Crippen LogP contribution >= 0.6 is 11.3 Å². The van der Waals surface area contributed by atoms with Gasteiger partial charge in [-0.05, 0) is 23.6 Å². The third-order valence-corrected chi connectivity index (χ3v) is 4.18. The molecule has 23 heavy (non-hydrogen) atoms. The van der Waals surface area contributed by atoms with Crippen LogP contribution in [0.5, 0.6) is 5.75 Å². The molecule has 0 radical (unpaired) electrons. The van der Waals surface area contributed by atoms with Crippen molar-refractivity contribution in [2.75, 3.05) is 0 Å². The van der Waals surface area contributed by atoms with E-state index in [4.69, 9.17) is 4.74 Å².